The molecule has 3 heterocycles. The summed E-state index contributed by atoms with van der Waals surface area (Å²) in [5.41, 5.74) is 0. The molecule has 0 spiro atoms. The van der Waals surface area contributed by atoms with Crippen molar-refractivity contribution in [3.63, 3.8) is 0 Å². The van der Waals surface area contributed by atoms with E-state index in [0.717, 1.165) is 65.7 Å². The van der Waals surface area contributed by atoms with Gasteiger partial charge in [0.05, 0.1) is 52.9 Å². The lowest BCUT2D eigenvalue weighted by atomic mass is 10.3. The van der Waals surface area contributed by atoms with Crippen LogP contribution in [0.2, 0.25) is 0 Å². The highest BCUT2D eigenvalue weighted by Crippen LogP contribution is 2.09. The molecule has 3 rings (SSSR count). The second kappa shape index (κ2) is 18.9. The van der Waals surface area contributed by atoms with Crippen LogP contribution in [0.15, 0.2) is 0 Å². The molecule has 0 atom stereocenters. The lowest BCUT2D eigenvalue weighted by Crippen LogP contribution is -2.35. The van der Waals surface area contributed by atoms with Gasteiger partial charge in [-0.15, -0.1) is 0 Å². The van der Waals surface area contributed by atoms with Gasteiger partial charge < -0.3 is 28.7 Å². The number of nitrogens with zero attached hydrogens (tertiary/aromatic N) is 4. The van der Waals surface area contributed by atoms with Crippen LogP contribution in [-0.4, -0.2) is 151 Å². The maximum Gasteiger partial charge on any atom is 0.0701 e. The molecule has 3 fully saturated rings. The number of likely N-dealkylation sites (tertiary alicyclic amines) is 2. The largest absolute Gasteiger partial charge is 0.378 e. The first kappa shape index (κ1) is 28.3. The van der Waals surface area contributed by atoms with Crippen molar-refractivity contribution in [3.8, 4) is 0 Å². The van der Waals surface area contributed by atoms with Crippen LogP contribution in [-0.2, 0) is 18.9 Å². The van der Waals surface area contributed by atoms with E-state index in [1.165, 1.54) is 77.8 Å². The summed E-state index contributed by atoms with van der Waals surface area (Å²) >= 11 is 0. The fourth-order valence-electron chi connectivity index (χ4n) is 5.14. The van der Waals surface area contributed by atoms with E-state index in [0.29, 0.717) is 26.4 Å². The first-order valence-corrected chi connectivity index (χ1v) is 14.1. The summed E-state index contributed by atoms with van der Waals surface area (Å²) in [7, 11) is 0. The molecular formula is C26H52N4O4. The summed E-state index contributed by atoms with van der Waals surface area (Å²) in [6, 6.07) is 0. The number of hydrogen-bond acceptors (Lipinski definition) is 8. The Labute approximate surface area is 208 Å². The van der Waals surface area contributed by atoms with Crippen LogP contribution in [0.4, 0.5) is 0 Å². The van der Waals surface area contributed by atoms with E-state index in [2.05, 4.69) is 19.6 Å². The van der Waals surface area contributed by atoms with Crippen molar-refractivity contribution in [2.45, 2.75) is 38.5 Å². The first-order valence-electron chi connectivity index (χ1n) is 14.1. The Hall–Kier alpha value is -0.320. The maximum atomic E-state index is 5.88. The standard InChI is InChI=1S/C26H52N4O4/c1-2-8-27(7-1)11-5-13-29-15-19-31-23-25-33-21-17-30(14-6-12-28-9-3-4-10-28)18-22-34-26-24-32-20-16-29/h1-26H2. The van der Waals surface area contributed by atoms with Crippen LogP contribution >= 0.6 is 0 Å². The molecule has 3 aliphatic heterocycles. The lowest BCUT2D eigenvalue weighted by molar-refractivity contribution is 0.00749. The van der Waals surface area contributed by atoms with E-state index in [1.807, 2.05) is 0 Å². The van der Waals surface area contributed by atoms with Crippen LogP contribution in [0.1, 0.15) is 38.5 Å². The maximum absolute atomic E-state index is 5.88. The Bertz CT molecular complexity index is 414. The van der Waals surface area contributed by atoms with E-state index < -0.39 is 0 Å². The zero-order chi connectivity index (χ0) is 23.5. The molecule has 0 radical (unpaired) electrons. The summed E-state index contributed by atoms with van der Waals surface area (Å²) in [5.74, 6) is 0. The van der Waals surface area contributed by atoms with Crippen LogP contribution in [0.5, 0.6) is 0 Å². The molecule has 8 heteroatoms. The van der Waals surface area contributed by atoms with Crippen LogP contribution in [0.3, 0.4) is 0 Å². The van der Waals surface area contributed by atoms with Crippen molar-refractivity contribution in [1.29, 1.82) is 0 Å². The zero-order valence-electron chi connectivity index (χ0n) is 21.8. The van der Waals surface area contributed by atoms with Gasteiger partial charge in [0.25, 0.3) is 0 Å². The van der Waals surface area contributed by atoms with Gasteiger partial charge >= 0.3 is 0 Å². The molecule has 0 amide bonds. The third kappa shape index (κ3) is 13.1. The Morgan fingerprint density at radius 3 is 0.882 bits per heavy atom. The van der Waals surface area contributed by atoms with E-state index in [-0.39, 0.29) is 0 Å². The Morgan fingerprint density at radius 2 is 0.588 bits per heavy atom. The van der Waals surface area contributed by atoms with Gasteiger partial charge in [-0.1, -0.05) is 0 Å². The number of rotatable bonds is 8. The molecule has 0 aromatic rings. The summed E-state index contributed by atoms with van der Waals surface area (Å²) in [4.78, 5) is 10.2. The average Bonchev–Trinajstić information content (AvgIpc) is 3.55. The van der Waals surface area contributed by atoms with Gasteiger partial charge in [0.15, 0.2) is 0 Å². The molecule has 3 saturated heterocycles. The number of hydrogen-bond donors (Lipinski definition) is 0. The van der Waals surface area contributed by atoms with Crippen molar-refractivity contribution >= 4 is 0 Å². The Balaban J connectivity index is 1.30. The zero-order valence-corrected chi connectivity index (χ0v) is 21.8. The summed E-state index contributed by atoms with van der Waals surface area (Å²) in [5, 5.41) is 0. The minimum absolute atomic E-state index is 0.677. The molecule has 0 aromatic carbocycles. The molecule has 0 unspecified atom stereocenters. The first-order chi connectivity index (χ1) is 16.9. The van der Waals surface area contributed by atoms with E-state index >= 15 is 0 Å². The SMILES string of the molecule is C1CCN(CCCN2CCOCCOCCN(CCCN3CCCC3)CCOCCOCC2)C1. The van der Waals surface area contributed by atoms with Crippen molar-refractivity contribution in [1.82, 2.24) is 19.6 Å². The van der Waals surface area contributed by atoms with Crippen LogP contribution in [0, 0.1) is 0 Å². The molecule has 0 saturated carbocycles. The van der Waals surface area contributed by atoms with E-state index in [9.17, 15) is 0 Å². The molecule has 200 valence electrons. The van der Waals surface area contributed by atoms with Gasteiger partial charge in [-0.25, -0.2) is 0 Å². The van der Waals surface area contributed by atoms with Crippen molar-refractivity contribution in [2.75, 3.05) is 131 Å². The van der Waals surface area contributed by atoms with Gasteiger partial charge in [-0.05, 0) is 90.9 Å². The lowest BCUT2D eigenvalue weighted by Gasteiger charge is -2.25. The molecular weight excluding hydrogens is 432 g/mol. The highest BCUT2D eigenvalue weighted by molar-refractivity contribution is 4.68. The summed E-state index contributed by atoms with van der Waals surface area (Å²) in [6.45, 7) is 19.4. The Morgan fingerprint density at radius 1 is 0.324 bits per heavy atom. The molecule has 0 bridgehead atoms. The quantitative estimate of drug-likeness (QED) is 0.516. The molecule has 3 aliphatic rings. The smallest absolute Gasteiger partial charge is 0.0701 e. The third-order valence-electron chi connectivity index (χ3n) is 7.25. The predicted molar refractivity (Wildman–Crippen MR) is 137 cm³/mol. The fourth-order valence-corrected chi connectivity index (χ4v) is 5.14. The molecule has 0 N–H and O–H groups in total. The summed E-state index contributed by atoms with van der Waals surface area (Å²) in [6.07, 6.45) is 7.92. The number of ether oxygens (including phenoxy) is 4. The van der Waals surface area contributed by atoms with Crippen LogP contribution < -0.4 is 0 Å². The normalized spacial score (nSPS) is 25.4. The molecule has 0 aliphatic carbocycles. The fraction of sp³-hybridized carbons (Fsp3) is 1.00. The monoisotopic (exact) mass is 484 g/mol. The minimum Gasteiger partial charge on any atom is -0.378 e. The average molecular weight is 485 g/mol. The van der Waals surface area contributed by atoms with Crippen LogP contribution in [0.25, 0.3) is 0 Å². The van der Waals surface area contributed by atoms with Gasteiger partial charge in [0.1, 0.15) is 0 Å². The van der Waals surface area contributed by atoms with Gasteiger partial charge in [-0.3, -0.25) is 9.80 Å². The topological polar surface area (TPSA) is 49.9 Å². The second-order valence-corrected chi connectivity index (χ2v) is 9.94. The van der Waals surface area contributed by atoms with E-state index in [1.54, 1.807) is 0 Å². The Kier molecular flexibility index (Phi) is 15.7. The third-order valence-corrected chi connectivity index (χ3v) is 7.25. The van der Waals surface area contributed by atoms with Crippen molar-refractivity contribution in [2.24, 2.45) is 0 Å². The molecule has 8 nitrogen and oxygen atoms in total. The van der Waals surface area contributed by atoms with Gasteiger partial charge in [0, 0.05) is 26.2 Å². The highest BCUT2D eigenvalue weighted by Gasteiger charge is 2.13. The minimum atomic E-state index is 0.677. The predicted octanol–water partition coefficient (Wildman–Crippen LogP) is 1.64. The summed E-state index contributed by atoms with van der Waals surface area (Å²) < 4.78 is 23.5. The van der Waals surface area contributed by atoms with Crippen molar-refractivity contribution in [3.05, 3.63) is 0 Å². The van der Waals surface area contributed by atoms with Gasteiger partial charge in [0.2, 0.25) is 0 Å². The molecule has 34 heavy (non-hydrogen) atoms. The van der Waals surface area contributed by atoms with E-state index in [4.69, 9.17) is 18.9 Å². The molecule has 0 aromatic heterocycles. The van der Waals surface area contributed by atoms with Gasteiger partial charge in [-0.2, -0.15) is 0 Å². The highest BCUT2D eigenvalue weighted by atomic mass is 16.5. The second-order valence-electron chi connectivity index (χ2n) is 9.94. The van der Waals surface area contributed by atoms with Crippen molar-refractivity contribution < 1.29 is 18.9 Å².